The Morgan fingerprint density at radius 3 is 2.92 bits per heavy atom. The second-order valence-electron chi connectivity index (χ2n) is 6.46. The van der Waals surface area contributed by atoms with Crippen molar-refractivity contribution in [3.63, 3.8) is 0 Å². The number of ether oxygens (including phenoxy) is 1. The lowest BCUT2D eigenvalue weighted by molar-refractivity contribution is 0.102. The van der Waals surface area contributed by atoms with E-state index in [1.807, 2.05) is 49.4 Å². The van der Waals surface area contributed by atoms with Crippen molar-refractivity contribution in [1.29, 1.82) is 0 Å². The molecule has 3 aromatic rings. The second kappa shape index (κ2) is 7.43. The third-order valence-corrected chi connectivity index (χ3v) is 5.39. The molecule has 2 aromatic carbocycles. The minimum atomic E-state index is -0.142. The SMILES string of the molecule is Cc1nc2cc(C(=O)Nc3cccc(OC4CCNCC4)c3)ccc2s1. The second-order valence-corrected chi connectivity index (χ2v) is 7.70. The van der Waals surface area contributed by atoms with Gasteiger partial charge >= 0.3 is 0 Å². The maximum Gasteiger partial charge on any atom is 0.255 e. The topological polar surface area (TPSA) is 63.2 Å². The number of hydrogen-bond donors (Lipinski definition) is 2. The number of fused-ring (bicyclic) bond motifs is 1. The highest BCUT2D eigenvalue weighted by Crippen LogP contribution is 2.24. The average Bonchev–Trinajstić information content (AvgIpc) is 3.02. The zero-order valence-electron chi connectivity index (χ0n) is 14.6. The van der Waals surface area contributed by atoms with Crippen LogP contribution in [-0.2, 0) is 0 Å². The van der Waals surface area contributed by atoms with Crippen LogP contribution in [0.4, 0.5) is 5.69 Å². The first kappa shape index (κ1) is 17.0. The number of anilines is 1. The summed E-state index contributed by atoms with van der Waals surface area (Å²) >= 11 is 1.63. The van der Waals surface area contributed by atoms with E-state index in [0.29, 0.717) is 5.56 Å². The minimum absolute atomic E-state index is 0.142. The summed E-state index contributed by atoms with van der Waals surface area (Å²) in [5.41, 5.74) is 2.20. The van der Waals surface area contributed by atoms with Crippen molar-refractivity contribution < 1.29 is 9.53 Å². The van der Waals surface area contributed by atoms with Crippen molar-refractivity contribution >= 4 is 33.1 Å². The van der Waals surface area contributed by atoms with Crippen LogP contribution in [0.2, 0.25) is 0 Å². The summed E-state index contributed by atoms with van der Waals surface area (Å²) in [6.45, 7) is 3.94. The van der Waals surface area contributed by atoms with Crippen molar-refractivity contribution in [3.05, 3.63) is 53.0 Å². The highest BCUT2D eigenvalue weighted by atomic mass is 32.1. The number of rotatable bonds is 4. The summed E-state index contributed by atoms with van der Waals surface area (Å²) in [7, 11) is 0. The fourth-order valence-electron chi connectivity index (χ4n) is 3.14. The van der Waals surface area contributed by atoms with Gasteiger partial charge in [0.05, 0.1) is 15.2 Å². The van der Waals surface area contributed by atoms with Crippen molar-refractivity contribution in [2.24, 2.45) is 0 Å². The average molecular weight is 367 g/mol. The number of aryl methyl sites for hydroxylation is 1. The van der Waals surface area contributed by atoms with Crippen LogP contribution in [0.3, 0.4) is 0 Å². The van der Waals surface area contributed by atoms with Gasteiger partial charge in [0.15, 0.2) is 0 Å². The number of hydrogen-bond acceptors (Lipinski definition) is 5. The van der Waals surface area contributed by atoms with Gasteiger partial charge in [0.1, 0.15) is 11.9 Å². The van der Waals surface area contributed by atoms with Gasteiger partial charge in [-0.3, -0.25) is 4.79 Å². The van der Waals surface area contributed by atoms with Crippen LogP contribution in [0.15, 0.2) is 42.5 Å². The maximum atomic E-state index is 12.6. The molecule has 2 N–H and O–H groups in total. The molecule has 0 atom stereocenters. The summed E-state index contributed by atoms with van der Waals surface area (Å²) in [6, 6.07) is 13.2. The Morgan fingerprint density at radius 2 is 2.08 bits per heavy atom. The number of thiazole rings is 1. The standard InChI is InChI=1S/C20H21N3O2S/c1-13-22-18-11-14(5-6-19(18)26-13)20(24)23-15-3-2-4-17(12-15)25-16-7-9-21-10-8-16/h2-6,11-12,16,21H,7-10H2,1H3,(H,23,24). The number of piperidine rings is 1. The first-order valence-electron chi connectivity index (χ1n) is 8.83. The highest BCUT2D eigenvalue weighted by Gasteiger charge is 2.15. The Morgan fingerprint density at radius 1 is 1.23 bits per heavy atom. The fraction of sp³-hybridized carbons (Fsp3) is 0.300. The number of aromatic nitrogens is 1. The normalized spacial score (nSPS) is 15.1. The molecule has 0 aliphatic carbocycles. The van der Waals surface area contributed by atoms with Gasteiger partial charge in [-0.25, -0.2) is 4.98 Å². The molecule has 0 radical (unpaired) electrons. The van der Waals surface area contributed by atoms with E-state index >= 15 is 0 Å². The first-order chi connectivity index (χ1) is 12.7. The van der Waals surface area contributed by atoms with Crippen LogP contribution in [0.5, 0.6) is 5.75 Å². The Balaban J connectivity index is 1.46. The highest BCUT2D eigenvalue weighted by molar-refractivity contribution is 7.18. The number of carbonyl (C=O) groups is 1. The third-order valence-electron chi connectivity index (χ3n) is 4.44. The summed E-state index contributed by atoms with van der Waals surface area (Å²) < 4.78 is 7.14. The molecular formula is C20H21N3O2S. The zero-order valence-corrected chi connectivity index (χ0v) is 15.4. The van der Waals surface area contributed by atoms with Gasteiger partial charge in [0, 0.05) is 17.3 Å². The van der Waals surface area contributed by atoms with Crippen molar-refractivity contribution in [1.82, 2.24) is 10.3 Å². The van der Waals surface area contributed by atoms with E-state index in [-0.39, 0.29) is 12.0 Å². The molecule has 5 nitrogen and oxygen atoms in total. The molecule has 4 rings (SSSR count). The number of carbonyl (C=O) groups excluding carboxylic acids is 1. The number of amides is 1. The van der Waals surface area contributed by atoms with Crippen LogP contribution < -0.4 is 15.4 Å². The smallest absolute Gasteiger partial charge is 0.255 e. The van der Waals surface area contributed by atoms with E-state index in [4.69, 9.17) is 4.74 Å². The molecule has 2 heterocycles. The molecule has 1 aromatic heterocycles. The van der Waals surface area contributed by atoms with Crippen LogP contribution in [-0.4, -0.2) is 30.1 Å². The molecule has 0 saturated carbocycles. The van der Waals surface area contributed by atoms with Gasteiger partial charge in [-0.05, 0) is 63.2 Å². The summed E-state index contributed by atoms with van der Waals surface area (Å²) in [4.78, 5) is 17.0. The molecule has 1 saturated heterocycles. The molecule has 6 heteroatoms. The quantitative estimate of drug-likeness (QED) is 0.732. The van der Waals surface area contributed by atoms with E-state index in [2.05, 4.69) is 15.6 Å². The van der Waals surface area contributed by atoms with E-state index < -0.39 is 0 Å². The number of nitrogens with zero attached hydrogens (tertiary/aromatic N) is 1. The lowest BCUT2D eigenvalue weighted by Gasteiger charge is -2.24. The van der Waals surface area contributed by atoms with Crippen molar-refractivity contribution in [3.8, 4) is 5.75 Å². The van der Waals surface area contributed by atoms with E-state index in [0.717, 1.165) is 52.6 Å². The maximum absolute atomic E-state index is 12.6. The predicted octanol–water partition coefficient (Wildman–Crippen LogP) is 3.99. The Hall–Kier alpha value is -2.44. The Labute approximate surface area is 156 Å². The molecule has 0 unspecified atom stereocenters. The first-order valence-corrected chi connectivity index (χ1v) is 9.65. The van der Waals surface area contributed by atoms with E-state index in [9.17, 15) is 4.79 Å². The molecular weight excluding hydrogens is 346 g/mol. The molecule has 26 heavy (non-hydrogen) atoms. The zero-order chi connectivity index (χ0) is 17.9. The Kier molecular flexibility index (Phi) is 4.86. The monoisotopic (exact) mass is 367 g/mol. The van der Waals surface area contributed by atoms with E-state index in [1.165, 1.54) is 0 Å². The lowest BCUT2D eigenvalue weighted by atomic mass is 10.1. The largest absolute Gasteiger partial charge is 0.490 e. The predicted molar refractivity (Wildman–Crippen MR) is 105 cm³/mol. The molecule has 1 fully saturated rings. The lowest BCUT2D eigenvalue weighted by Crippen LogP contribution is -2.34. The van der Waals surface area contributed by atoms with Gasteiger partial charge in [-0.1, -0.05) is 6.07 Å². The summed E-state index contributed by atoms with van der Waals surface area (Å²) in [5.74, 6) is 0.650. The molecule has 1 aliphatic rings. The molecule has 1 amide bonds. The number of benzene rings is 2. The van der Waals surface area contributed by atoms with Gasteiger partial charge in [-0.2, -0.15) is 0 Å². The minimum Gasteiger partial charge on any atom is -0.490 e. The Bertz CT molecular complexity index is 932. The summed E-state index contributed by atoms with van der Waals surface area (Å²) in [5, 5.41) is 7.28. The van der Waals surface area contributed by atoms with Gasteiger partial charge < -0.3 is 15.4 Å². The van der Waals surface area contributed by atoms with E-state index in [1.54, 1.807) is 11.3 Å². The summed E-state index contributed by atoms with van der Waals surface area (Å²) in [6.07, 6.45) is 2.24. The van der Waals surface area contributed by atoms with Gasteiger partial charge in [0.2, 0.25) is 0 Å². The van der Waals surface area contributed by atoms with Crippen LogP contribution in [0.25, 0.3) is 10.2 Å². The van der Waals surface area contributed by atoms with Crippen LogP contribution in [0, 0.1) is 6.92 Å². The fourth-order valence-corrected chi connectivity index (χ4v) is 3.95. The van der Waals surface area contributed by atoms with Crippen molar-refractivity contribution in [2.75, 3.05) is 18.4 Å². The van der Waals surface area contributed by atoms with Crippen LogP contribution >= 0.6 is 11.3 Å². The van der Waals surface area contributed by atoms with Gasteiger partial charge in [-0.15, -0.1) is 11.3 Å². The molecule has 134 valence electrons. The van der Waals surface area contributed by atoms with Gasteiger partial charge in [0.25, 0.3) is 5.91 Å². The molecule has 1 aliphatic heterocycles. The van der Waals surface area contributed by atoms with Crippen molar-refractivity contribution in [2.45, 2.75) is 25.9 Å². The molecule has 0 bridgehead atoms. The third kappa shape index (κ3) is 3.86. The van der Waals surface area contributed by atoms with Crippen LogP contribution in [0.1, 0.15) is 28.2 Å². The number of nitrogens with one attached hydrogen (secondary N) is 2. The molecule has 0 spiro atoms.